The van der Waals surface area contributed by atoms with Gasteiger partial charge >= 0.3 is 0 Å². The Morgan fingerprint density at radius 2 is 1.85 bits per heavy atom. The van der Waals surface area contributed by atoms with Crippen molar-refractivity contribution in [3.05, 3.63) is 69.3 Å². The van der Waals surface area contributed by atoms with Crippen molar-refractivity contribution < 1.29 is 5.11 Å². The normalized spacial score (nSPS) is 17.4. The van der Waals surface area contributed by atoms with Gasteiger partial charge in [-0.2, -0.15) is 0 Å². The summed E-state index contributed by atoms with van der Waals surface area (Å²) in [6.07, 6.45) is 2.34. The number of likely N-dealkylation sites (tertiary alicyclic amines) is 1. The molecule has 0 atom stereocenters. The van der Waals surface area contributed by atoms with E-state index in [4.69, 9.17) is 0 Å². The maximum atomic E-state index is 11.3. The molecule has 136 valence electrons. The lowest BCUT2D eigenvalue weighted by Crippen LogP contribution is -2.45. The van der Waals surface area contributed by atoms with Crippen LogP contribution >= 0.6 is 22.9 Å². The van der Waals surface area contributed by atoms with Gasteiger partial charge in [0.1, 0.15) is 0 Å². The molecule has 1 aliphatic heterocycles. The van der Waals surface area contributed by atoms with E-state index in [0.717, 1.165) is 48.7 Å². The molecule has 1 aromatic carbocycles. The van der Waals surface area contributed by atoms with Gasteiger partial charge in [0, 0.05) is 41.9 Å². The molecule has 3 heterocycles. The van der Waals surface area contributed by atoms with Crippen LogP contribution in [-0.2, 0) is 13.0 Å². The van der Waals surface area contributed by atoms with Crippen LogP contribution in [0.2, 0.25) is 0 Å². The monoisotopic (exact) mass is 386 g/mol. The van der Waals surface area contributed by atoms with Gasteiger partial charge in [0.15, 0.2) is 0 Å². The summed E-state index contributed by atoms with van der Waals surface area (Å²) < 4.78 is 2.74. The van der Waals surface area contributed by atoms with Crippen molar-refractivity contribution in [1.82, 2.24) is 9.27 Å². The summed E-state index contributed by atoms with van der Waals surface area (Å²) in [5.74, 6) is 0. The van der Waals surface area contributed by atoms with Crippen molar-refractivity contribution in [2.24, 2.45) is 0 Å². The van der Waals surface area contributed by atoms with Gasteiger partial charge in [-0.3, -0.25) is 14.1 Å². The standard InChI is InChI=1S/C20H22N2O2S2/c23-19-12-18(26-21-19)17-7-6-16(25-17)14-22-10-8-20(24,9-11-22)13-15-4-2-1-3-5-15/h1-7,12,24H,8-11,13-14H2,(H,21,23). The second kappa shape index (κ2) is 7.48. The quantitative estimate of drug-likeness (QED) is 0.702. The summed E-state index contributed by atoms with van der Waals surface area (Å²) >= 11 is 3.13. The second-order valence-electron chi connectivity index (χ2n) is 7.01. The Morgan fingerprint density at radius 3 is 2.54 bits per heavy atom. The van der Waals surface area contributed by atoms with Gasteiger partial charge < -0.3 is 5.11 Å². The zero-order chi connectivity index (χ0) is 18.0. The molecule has 6 heteroatoms. The molecule has 26 heavy (non-hydrogen) atoms. The first kappa shape index (κ1) is 17.7. The number of rotatable bonds is 5. The van der Waals surface area contributed by atoms with Crippen LogP contribution in [0.25, 0.3) is 9.75 Å². The summed E-state index contributed by atoms with van der Waals surface area (Å²) in [6, 6.07) is 16.2. The molecule has 0 radical (unpaired) electrons. The number of nitrogens with zero attached hydrogens (tertiary/aromatic N) is 1. The lowest BCUT2D eigenvalue weighted by molar-refractivity contribution is -0.0222. The van der Waals surface area contributed by atoms with Crippen LogP contribution in [0, 0.1) is 0 Å². The van der Waals surface area contributed by atoms with Gasteiger partial charge in [-0.1, -0.05) is 41.9 Å². The molecule has 1 aliphatic rings. The minimum Gasteiger partial charge on any atom is -0.389 e. The van der Waals surface area contributed by atoms with E-state index in [9.17, 15) is 9.90 Å². The highest BCUT2D eigenvalue weighted by molar-refractivity contribution is 7.19. The SMILES string of the molecule is O=c1cc(-c2ccc(CN3CCC(O)(Cc4ccccc4)CC3)s2)s[nH]1. The molecule has 0 bridgehead atoms. The highest BCUT2D eigenvalue weighted by Crippen LogP contribution is 2.32. The molecule has 1 saturated heterocycles. The van der Waals surface area contributed by atoms with Crippen molar-refractivity contribution in [2.75, 3.05) is 13.1 Å². The van der Waals surface area contributed by atoms with E-state index < -0.39 is 5.60 Å². The van der Waals surface area contributed by atoms with Crippen molar-refractivity contribution in [3.63, 3.8) is 0 Å². The summed E-state index contributed by atoms with van der Waals surface area (Å²) in [5, 5.41) is 10.9. The largest absolute Gasteiger partial charge is 0.389 e. The third-order valence-corrected chi connectivity index (χ3v) is 7.06. The number of benzene rings is 1. The van der Waals surface area contributed by atoms with Crippen LogP contribution in [0.3, 0.4) is 0 Å². The molecule has 2 N–H and O–H groups in total. The highest BCUT2D eigenvalue weighted by Gasteiger charge is 2.32. The third-order valence-electron chi connectivity index (χ3n) is 4.97. The van der Waals surface area contributed by atoms with E-state index in [-0.39, 0.29) is 5.56 Å². The van der Waals surface area contributed by atoms with Crippen LogP contribution in [-0.4, -0.2) is 33.1 Å². The predicted molar refractivity (Wildman–Crippen MR) is 108 cm³/mol. The number of aromatic amines is 1. The molecular weight excluding hydrogens is 364 g/mol. The fourth-order valence-electron chi connectivity index (χ4n) is 3.50. The maximum Gasteiger partial charge on any atom is 0.258 e. The average Bonchev–Trinajstić information content (AvgIpc) is 3.27. The highest BCUT2D eigenvalue weighted by atomic mass is 32.1. The van der Waals surface area contributed by atoms with Gasteiger partial charge in [0.05, 0.1) is 10.5 Å². The number of aromatic nitrogens is 1. The number of nitrogens with one attached hydrogen (secondary N) is 1. The second-order valence-corrected chi connectivity index (χ2v) is 9.02. The van der Waals surface area contributed by atoms with Crippen molar-refractivity contribution >= 4 is 22.9 Å². The lowest BCUT2D eigenvalue weighted by atomic mass is 9.85. The van der Waals surface area contributed by atoms with Crippen molar-refractivity contribution in [1.29, 1.82) is 0 Å². The van der Waals surface area contributed by atoms with E-state index in [1.165, 1.54) is 22.0 Å². The summed E-state index contributed by atoms with van der Waals surface area (Å²) in [4.78, 5) is 17.2. The van der Waals surface area contributed by atoms with E-state index in [1.54, 1.807) is 17.4 Å². The van der Waals surface area contributed by atoms with E-state index in [2.05, 4.69) is 33.5 Å². The molecule has 0 saturated carbocycles. The Kier molecular flexibility index (Phi) is 5.09. The Bertz CT molecular complexity index is 905. The van der Waals surface area contributed by atoms with E-state index in [1.807, 2.05) is 18.2 Å². The lowest BCUT2D eigenvalue weighted by Gasteiger charge is -2.38. The first-order valence-corrected chi connectivity index (χ1v) is 10.5. The average molecular weight is 387 g/mol. The number of hydrogen-bond donors (Lipinski definition) is 2. The molecule has 4 rings (SSSR count). The summed E-state index contributed by atoms with van der Waals surface area (Å²) in [6.45, 7) is 2.73. The molecular formula is C20H22N2O2S2. The Hall–Kier alpha value is -1.73. The number of H-pyrrole nitrogens is 1. The predicted octanol–water partition coefficient (Wildman–Crippen LogP) is 3.73. The summed E-state index contributed by atoms with van der Waals surface area (Å²) in [7, 11) is 0. The van der Waals surface area contributed by atoms with Crippen LogP contribution < -0.4 is 5.56 Å². The fraction of sp³-hybridized carbons (Fsp3) is 0.350. The van der Waals surface area contributed by atoms with Crippen molar-refractivity contribution in [3.8, 4) is 9.75 Å². The Labute approximate surface area is 160 Å². The Morgan fingerprint density at radius 1 is 1.08 bits per heavy atom. The summed E-state index contributed by atoms with van der Waals surface area (Å²) in [5.41, 5.74) is 0.584. The van der Waals surface area contributed by atoms with Crippen LogP contribution in [0.5, 0.6) is 0 Å². The molecule has 3 aromatic rings. The number of piperidine rings is 1. The molecule has 2 aromatic heterocycles. The maximum absolute atomic E-state index is 11.3. The van der Waals surface area contributed by atoms with Crippen molar-refractivity contribution in [2.45, 2.75) is 31.4 Å². The zero-order valence-electron chi connectivity index (χ0n) is 14.5. The van der Waals surface area contributed by atoms with Crippen LogP contribution in [0.4, 0.5) is 0 Å². The minimum atomic E-state index is -0.588. The first-order chi connectivity index (χ1) is 12.6. The van der Waals surface area contributed by atoms with Crippen LogP contribution in [0.1, 0.15) is 23.3 Å². The van der Waals surface area contributed by atoms with E-state index >= 15 is 0 Å². The zero-order valence-corrected chi connectivity index (χ0v) is 16.1. The van der Waals surface area contributed by atoms with Gasteiger partial charge in [-0.05, 0) is 30.5 Å². The molecule has 0 aliphatic carbocycles. The van der Waals surface area contributed by atoms with Gasteiger partial charge in [-0.25, -0.2) is 0 Å². The third kappa shape index (κ3) is 4.15. The van der Waals surface area contributed by atoms with Gasteiger partial charge in [0.2, 0.25) is 0 Å². The van der Waals surface area contributed by atoms with Gasteiger partial charge in [-0.15, -0.1) is 11.3 Å². The molecule has 4 nitrogen and oxygen atoms in total. The molecule has 0 amide bonds. The first-order valence-electron chi connectivity index (χ1n) is 8.86. The Balaban J connectivity index is 1.34. The van der Waals surface area contributed by atoms with Crippen LogP contribution in [0.15, 0.2) is 53.3 Å². The smallest absolute Gasteiger partial charge is 0.258 e. The topological polar surface area (TPSA) is 56.3 Å². The number of thiophene rings is 1. The molecule has 0 spiro atoms. The van der Waals surface area contributed by atoms with E-state index in [0.29, 0.717) is 0 Å². The fourth-order valence-corrected chi connectivity index (χ4v) is 5.32. The minimum absolute atomic E-state index is 0.0336. The number of hydrogen-bond acceptors (Lipinski definition) is 5. The molecule has 0 unspecified atom stereocenters. The molecule has 1 fully saturated rings. The van der Waals surface area contributed by atoms with Gasteiger partial charge in [0.25, 0.3) is 5.56 Å². The number of aliphatic hydroxyl groups is 1.